The van der Waals surface area contributed by atoms with Crippen molar-refractivity contribution >= 4 is 40.1 Å². The highest BCUT2D eigenvalue weighted by molar-refractivity contribution is 8.15. The third-order valence-corrected chi connectivity index (χ3v) is 7.00. The minimum absolute atomic E-state index is 0.00104. The second-order valence-corrected chi connectivity index (χ2v) is 9.45. The van der Waals surface area contributed by atoms with Crippen LogP contribution in [0.4, 0.5) is 11.4 Å². The van der Waals surface area contributed by atoms with E-state index in [1.807, 2.05) is 44.2 Å². The number of benzene rings is 2. The first-order chi connectivity index (χ1) is 16.0. The number of aliphatic imine (C=N–C) groups is 1. The molecule has 2 amide bonds. The maximum Gasteiger partial charge on any atom is 0.242 e. The molecule has 8 heteroatoms. The van der Waals surface area contributed by atoms with Crippen molar-refractivity contribution in [3.63, 3.8) is 0 Å². The van der Waals surface area contributed by atoms with Crippen molar-refractivity contribution in [1.29, 1.82) is 0 Å². The number of carbonyl (C=O) groups is 2. The molecule has 2 aliphatic heterocycles. The third kappa shape index (κ3) is 5.39. The van der Waals surface area contributed by atoms with Gasteiger partial charge in [-0.05, 0) is 49.9 Å². The Balaban J connectivity index is 1.54. The molecular formula is C25H29N3O4S. The molecule has 2 aliphatic rings. The SMILES string of the molecule is COc1ccccc1NC(=O)CC1SC(=Nc2c(C)cccc2C)N(CC2CCCO2)C1=O. The van der Waals surface area contributed by atoms with Gasteiger partial charge in [0.15, 0.2) is 5.17 Å². The Kier molecular flexibility index (Phi) is 7.35. The van der Waals surface area contributed by atoms with Crippen LogP contribution in [0, 0.1) is 13.8 Å². The van der Waals surface area contributed by atoms with Crippen LogP contribution in [-0.2, 0) is 14.3 Å². The number of amides is 2. The number of nitrogens with zero attached hydrogens (tertiary/aromatic N) is 2. The van der Waals surface area contributed by atoms with Crippen molar-refractivity contribution in [2.45, 2.75) is 44.5 Å². The molecule has 33 heavy (non-hydrogen) atoms. The van der Waals surface area contributed by atoms with Crippen molar-refractivity contribution in [2.75, 3.05) is 25.6 Å². The number of aryl methyl sites for hydroxylation is 2. The molecule has 0 aromatic heterocycles. The molecule has 4 rings (SSSR count). The first-order valence-electron chi connectivity index (χ1n) is 11.1. The maximum atomic E-state index is 13.3. The van der Waals surface area contributed by atoms with Gasteiger partial charge >= 0.3 is 0 Å². The number of carbonyl (C=O) groups excluding carboxylic acids is 2. The number of hydrogen-bond donors (Lipinski definition) is 1. The van der Waals surface area contributed by atoms with E-state index in [1.165, 1.54) is 11.8 Å². The lowest BCUT2D eigenvalue weighted by atomic mass is 10.1. The van der Waals surface area contributed by atoms with Gasteiger partial charge in [-0.2, -0.15) is 0 Å². The predicted molar refractivity (Wildman–Crippen MR) is 131 cm³/mol. The lowest BCUT2D eigenvalue weighted by Crippen LogP contribution is -2.38. The van der Waals surface area contributed by atoms with Crippen molar-refractivity contribution in [1.82, 2.24) is 4.90 Å². The Morgan fingerprint density at radius 1 is 1.21 bits per heavy atom. The number of thioether (sulfide) groups is 1. The Labute approximate surface area is 198 Å². The number of rotatable bonds is 7. The minimum atomic E-state index is -0.538. The molecule has 0 saturated carbocycles. The summed E-state index contributed by atoms with van der Waals surface area (Å²) >= 11 is 1.35. The highest BCUT2D eigenvalue weighted by Gasteiger charge is 2.40. The summed E-state index contributed by atoms with van der Waals surface area (Å²) in [6.45, 7) is 5.20. The number of anilines is 1. The van der Waals surface area contributed by atoms with Crippen LogP contribution < -0.4 is 10.1 Å². The zero-order chi connectivity index (χ0) is 23.4. The van der Waals surface area contributed by atoms with E-state index >= 15 is 0 Å². The van der Waals surface area contributed by atoms with E-state index in [4.69, 9.17) is 14.5 Å². The largest absolute Gasteiger partial charge is 0.495 e. The van der Waals surface area contributed by atoms with Crippen LogP contribution in [0.3, 0.4) is 0 Å². The molecule has 0 radical (unpaired) electrons. The molecule has 0 aliphatic carbocycles. The quantitative estimate of drug-likeness (QED) is 0.651. The zero-order valence-corrected chi connectivity index (χ0v) is 20.0. The van der Waals surface area contributed by atoms with Gasteiger partial charge in [0.25, 0.3) is 0 Å². The van der Waals surface area contributed by atoms with Crippen LogP contribution in [0.15, 0.2) is 47.5 Å². The molecule has 2 saturated heterocycles. The first-order valence-corrected chi connectivity index (χ1v) is 12.0. The Morgan fingerprint density at radius 3 is 2.67 bits per heavy atom. The van der Waals surface area contributed by atoms with Crippen LogP contribution in [0.1, 0.15) is 30.4 Å². The van der Waals surface area contributed by atoms with Gasteiger partial charge in [0.1, 0.15) is 11.0 Å². The normalized spacial score (nSPS) is 21.6. The van der Waals surface area contributed by atoms with Crippen LogP contribution in [0.25, 0.3) is 0 Å². The second kappa shape index (κ2) is 10.4. The molecule has 2 aromatic carbocycles. The molecule has 2 fully saturated rings. The summed E-state index contributed by atoms with van der Waals surface area (Å²) in [5, 5.41) is 2.96. The lowest BCUT2D eigenvalue weighted by Gasteiger charge is -2.20. The molecule has 2 aromatic rings. The number of amidine groups is 1. The second-order valence-electron chi connectivity index (χ2n) is 8.28. The number of methoxy groups -OCH3 is 1. The maximum absolute atomic E-state index is 13.3. The molecule has 2 heterocycles. The molecule has 2 atom stereocenters. The fourth-order valence-electron chi connectivity index (χ4n) is 4.08. The van der Waals surface area contributed by atoms with Crippen molar-refractivity contribution < 1.29 is 19.1 Å². The predicted octanol–water partition coefficient (Wildman–Crippen LogP) is 4.45. The molecule has 7 nitrogen and oxygen atoms in total. The number of hydrogen-bond acceptors (Lipinski definition) is 6. The molecule has 2 unspecified atom stereocenters. The van der Waals surface area contributed by atoms with E-state index in [1.54, 1.807) is 24.1 Å². The smallest absolute Gasteiger partial charge is 0.242 e. The lowest BCUT2D eigenvalue weighted by molar-refractivity contribution is -0.129. The van der Waals surface area contributed by atoms with Gasteiger partial charge in [-0.25, -0.2) is 4.99 Å². The van der Waals surface area contributed by atoms with Gasteiger partial charge < -0.3 is 14.8 Å². The Bertz CT molecular complexity index is 1050. The Hall–Kier alpha value is -2.84. The van der Waals surface area contributed by atoms with Crippen LogP contribution >= 0.6 is 11.8 Å². The van der Waals surface area contributed by atoms with E-state index in [0.717, 1.165) is 29.7 Å². The average Bonchev–Trinajstić information content (AvgIpc) is 3.41. The van der Waals surface area contributed by atoms with Crippen molar-refractivity contribution in [2.24, 2.45) is 4.99 Å². The van der Waals surface area contributed by atoms with Crippen molar-refractivity contribution in [3.8, 4) is 5.75 Å². The zero-order valence-electron chi connectivity index (χ0n) is 19.2. The fourth-order valence-corrected chi connectivity index (χ4v) is 5.23. The Morgan fingerprint density at radius 2 is 1.97 bits per heavy atom. The van der Waals surface area contributed by atoms with Gasteiger partial charge in [0.05, 0.1) is 31.1 Å². The number of nitrogens with one attached hydrogen (secondary N) is 1. The van der Waals surface area contributed by atoms with Crippen LogP contribution in [0.5, 0.6) is 5.75 Å². The van der Waals surface area contributed by atoms with Gasteiger partial charge in [0.2, 0.25) is 11.8 Å². The molecule has 1 N–H and O–H groups in total. The third-order valence-electron chi connectivity index (χ3n) is 5.83. The van der Waals surface area contributed by atoms with Gasteiger partial charge in [-0.15, -0.1) is 0 Å². The number of para-hydroxylation sites is 3. The minimum Gasteiger partial charge on any atom is -0.495 e. The monoisotopic (exact) mass is 467 g/mol. The first kappa shape index (κ1) is 23.3. The van der Waals surface area contributed by atoms with Crippen LogP contribution in [0.2, 0.25) is 0 Å². The summed E-state index contributed by atoms with van der Waals surface area (Å²) in [5.41, 5.74) is 3.54. The van der Waals surface area contributed by atoms with E-state index in [0.29, 0.717) is 29.8 Å². The summed E-state index contributed by atoms with van der Waals surface area (Å²) < 4.78 is 11.1. The molecule has 0 spiro atoms. The highest BCUT2D eigenvalue weighted by Crippen LogP contribution is 2.35. The summed E-state index contributed by atoms with van der Waals surface area (Å²) in [5.74, 6) is 0.236. The van der Waals surface area contributed by atoms with Crippen molar-refractivity contribution in [3.05, 3.63) is 53.6 Å². The molecule has 174 valence electrons. The highest BCUT2D eigenvalue weighted by atomic mass is 32.2. The van der Waals surface area contributed by atoms with Gasteiger partial charge in [-0.3, -0.25) is 14.5 Å². The molecular weight excluding hydrogens is 438 g/mol. The van der Waals surface area contributed by atoms with E-state index in [-0.39, 0.29) is 24.3 Å². The van der Waals surface area contributed by atoms with E-state index < -0.39 is 5.25 Å². The van der Waals surface area contributed by atoms with E-state index in [9.17, 15) is 9.59 Å². The average molecular weight is 468 g/mol. The fraction of sp³-hybridized carbons (Fsp3) is 0.400. The van der Waals surface area contributed by atoms with E-state index in [2.05, 4.69) is 5.32 Å². The summed E-state index contributed by atoms with van der Waals surface area (Å²) in [7, 11) is 1.56. The summed E-state index contributed by atoms with van der Waals surface area (Å²) in [6.07, 6.45) is 1.96. The van der Waals surface area contributed by atoms with Gasteiger partial charge in [-0.1, -0.05) is 42.1 Å². The summed E-state index contributed by atoms with van der Waals surface area (Å²) in [6, 6.07) is 13.2. The topological polar surface area (TPSA) is 80.2 Å². The molecule has 0 bridgehead atoms. The summed E-state index contributed by atoms with van der Waals surface area (Å²) in [4.78, 5) is 32.7. The standard InChI is InChI=1S/C25H29N3O4S/c1-16-8-6-9-17(2)23(16)27-25-28(15-18-10-7-13-32-18)24(30)21(33-25)14-22(29)26-19-11-4-5-12-20(19)31-3/h4-6,8-9,11-12,18,21H,7,10,13-15H2,1-3H3,(H,26,29). The van der Waals surface area contributed by atoms with Gasteiger partial charge in [0, 0.05) is 13.0 Å². The number of ether oxygens (including phenoxy) is 2. The van der Waals surface area contributed by atoms with Crippen LogP contribution in [-0.4, -0.2) is 53.5 Å².